The molecule has 1 aliphatic heterocycles. The molecule has 4 heteroatoms. The van der Waals surface area contributed by atoms with E-state index in [9.17, 15) is 0 Å². The van der Waals surface area contributed by atoms with Crippen LogP contribution in [0, 0.1) is 0 Å². The molecule has 1 N–H and O–H groups in total. The van der Waals surface area contributed by atoms with Gasteiger partial charge in [0.05, 0.1) is 6.04 Å². The van der Waals surface area contributed by atoms with Crippen molar-refractivity contribution in [1.82, 2.24) is 15.2 Å². The molecule has 2 heterocycles. The largest absolute Gasteiger partial charge is 0.317 e. The molecule has 0 aromatic carbocycles. The van der Waals surface area contributed by atoms with Crippen LogP contribution < -0.4 is 5.32 Å². The third-order valence-electron chi connectivity index (χ3n) is 3.30. The Hall–Kier alpha value is -0.450. The number of nitrogens with zero attached hydrogens (tertiary/aromatic N) is 2. The second-order valence-corrected chi connectivity index (χ2v) is 5.12. The maximum Gasteiger partial charge on any atom is 0.109 e. The summed E-state index contributed by atoms with van der Waals surface area (Å²) in [4.78, 5) is 6.87. The molecular formula is C11H19N3S. The van der Waals surface area contributed by atoms with Gasteiger partial charge in [-0.25, -0.2) is 4.98 Å². The van der Waals surface area contributed by atoms with Gasteiger partial charge in [0, 0.05) is 17.6 Å². The summed E-state index contributed by atoms with van der Waals surface area (Å²) in [5, 5.41) is 6.69. The molecule has 0 radical (unpaired) electrons. The fourth-order valence-corrected chi connectivity index (χ4v) is 2.89. The highest BCUT2D eigenvalue weighted by molar-refractivity contribution is 7.09. The van der Waals surface area contributed by atoms with Gasteiger partial charge in [-0.3, -0.25) is 4.90 Å². The lowest BCUT2D eigenvalue weighted by molar-refractivity contribution is 0.152. The van der Waals surface area contributed by atoms with Crippen LogP contribution in [0.4, 0.5) is 0 Å². The van der Waals surface area contributed by atoms with Crippen LogP contribution in [0.3, 0.4) is 0 Å². The minimum atomic E-state index is 0.452. The zero-order valence-electron chi connectivity index (χ0n) is 9.44. The zero-order valence-corrected chi connectivity index (χ0v) is 10.3. The smallest absolute Gasteiger partial charge is 0.109 e. The quantitative estimate of drug-likeness (QED) is 0.851. The van der Waals surface area contributed by atoms with Crippen molar-refractivity contribution in [2.24, 2.45) is 0 Å². The number of rotatable bonds is 3. The maximum atomic E-state index is 4.39. The molecule has 1 fully saturated rings. The zero-order chi connectivity index (χ0) is 10.7. The van der Waals surface area contributed by atoms with Gasteiger partial charge in [0.15, 0.2) is 0 Å². The van der Waals surface area contributed by atoms with Crippen LogP contribution >= 0.6 is 11.3 Å². The molecule has 3 nitrogen and oxygen atoms in total. The molecule has 0 spiro atoms. The van der Waals surface area contributed by atoms with Crippen molar-refractivity contribution in [2.45, 2.75) is 31.8 Å². The van der Waals surface area contributed by atoms with Gasteiger partial charge in [-0.1, -0.05) is 0 Å². The molecular weight excluding hydrogens is 206 g/mol. The predicted molar refractivity (Wildman–Crippen MR) is 64.2 cm³/mol. The van der Waals surface area contributed by atoms with E-state index in [-0.39, 0.29) is 0 Å². The monoisotopic (exact) mass is 225 g/mol. The number of nitrogens with one attached hydrogen (secondary N) is 1. The summed E-state index contributed by atoms with van der Waals surface area (Å²) < 4.78 is 0. The second kappa shape index (κ2) is 5.05. The van der Waals surface area contributed by atoms with Gasteiger partial charge in [-0.2, -0.15) is 0 Å². The summed E-state index contributed by atoms with van der Waals surface area (Å²) in [6.07, 6.45) is 4.41. The highest BCUT2D eigenvalue weighted by Gasteiger charge is 2.23. The summed E-state index contributed by atoms with van der Waals surface area (Å²) >= 11 is 1.75. The molecule has 0 unspecified atom stereocenters. The van der Waals surface area contributed by atoms with Crippen molar-refractivity contribution >= 4 is 11.3 Å². The Morgan fingerprint density at radius 2 is 2.27 bits per heavy atom. The molecule has 2 rings (SSSR count). The summed E-state index contributed by atoms with van der Waals surface area (Å²) in [6, 6.07) is 1.17. The summed E-state index contributed by atoms with van der Waals surface area (Å²) in [5.74, 6) is 0. The number of thiazole rings is 1. The Morgan fingerprint density at radius 1 is 1.53 bits per heavy atom. The number of aromatic nitrogens is 1. The van der Waals surface area contributed by atoms with E-state index in [1.807, 2.05) is 6.20 Å². The van der Waals surface area contributed by atoms with Gasteiger partial charge < -0.3 is 5.32 Å². The van der Waals surface area contributed by atoms with E-state index in [2.05, 4.69) is 34.6 Å². The van der Waals surface area contributed by atoms with E-state index in [4.69, 9.17) is 0 Å². The molecule has 0 aliphatic carbocycles. The molecule has 1 saturated heterocycles. The minimum absolute atomic E-state index is 0.452. The van der Waals surface area contributed by atoms with Gasteiger partial charge in [0.2, 0.25) is 0 Å². The van der Waals surface area contributed by atoms with Gasteiger partial charge in [0.25, 0.3) is 0 Å². The Morgan fingerprint density at radius 3 is 2.87 bits per heavy atom. The topological polar surface area (TPSA) is 28.2 Å². The highest BCUT2D eigenvalue weighted by Crippen LogP contribution is 2.25. The van der Waals surface area contributed by atoms with Gasteiger partial charge >= 0.3 is 0 Å². The molecule has 1 aliphatic rings. The Kier molecular flexibility index (Phi) is 3.72. The minimum Gasteiger partial charge on any atom is -0.317 e. The molecule has 84 valence electrons. The lowest BCUT2D eigenvalue weighted by Crippen LogP contribution is -2.42. The third-order valence-corrected chi connectivity index (χ3v) is 4.25. The molecule has 15 heavy (non-hydrogen) atoms. The fraction of sp³-hybridized carbons (Fsp3) is 0.727. The Bertz CT molecular complexity index is 280. The van der Waals surface area contributed by atoms with E-state index in [0.29, 0.717) is 12.1 Å². The van der Waals surface area contributed by atoms with Gasteiger partial charge in [-0.05, 0) is 39.9 Å². The first kappa shape index (κ1) is 11.0. The fourth-order valence-electron chi connectivity index (χ4n) is 2.15. The van der Waals surface area contributed by atoms with Crippen LogP contribution in [0.1, 0.15) is 30.8 Å². The summed E-state index contributed by atoms with van der Waals surface area (Å²) in [5.41, 5.74) is 0. The van der Waals surface area contributed by atoms with Crippen molar-refractivity contribution < 1.29 is 0 Å². The Balaban J connectivity index is 1.97. The maximum absolute atomic E-state index is 4.39. The normalized spacial score (nSPS) is 20.7. The second-order valence-electron chi connectivity index (χ2n) is 4.19. The van der Waals surface area contributed by atoms with Gasteiger partial charge in [0.1, 0.15) is 5.01 Å². The SMILES string of the molecule is C[C@H](c1nccs1)N(C)C1CCNCC1. The summed E-state index contributed by atoms with van der Waals surface area (Å²) in [7, 11) is 2.22. The van der Waals surface area contributed by atoms with Crippen molar-refractivity contribution in [2.75, 3.05) is 20.1 Å². The lowest BCUT2D eigenvalue weighted by Gasteiger charge is -2.34. The first-order valence-corrected chi connectivity index (χ1v) is 6.49. The van der Waals surface area contributed by atoms with Crippen LogP contribution in [-0.2, 0) is 0 Å². The first-order valence-electron chi connectivity index (χ1n) is 5.61. The van der Waals surface area contributed by atoms with Gasteiger partial charge in [-0.15, -0.1) is 11.3 Å². The average Bonchev–Trinajstić information content (AvgIpc) is 2.82. The molecule has 0 bridgehead atoms. The van der Waals surface area contributed by atoms with Crippen LogP contribution in [0.2, 0.25) is 0 Å². The lowest BCUT2D eigenvalue weighted by atomic mass is 10.0. The number of hydrogen-bond acceptors (Lipinski definition) is 4. The van der Waals surface area contributed by atoms with Crippen molar-refractivity contribution in [3.05, 3.63) is 16.6 Å². The van der Waals surface area contributed by atoms with E-state index >= 15 is 0 Å². The van der Waals surface area contributed by atoms with Crippen molar-refractivity contribution in [3.63, 3.8) is 0 Å². The van der Waals surface area contributed by atoms with E-state index < -0.39 is 0 Å². The van der Waals surface area contributed by atoms with Crippen LogP contribution in [0.5, 0.6) is 0 Å². The summed E-state index contributed by atoms with van der Waals surface area (Å²) in [6.45, 7) is 4.56. The number of piperidine rings is 1. The van der Waals surface area contributed by atoms with E-state index in [1.54, 1.807) is 11.3 Å². The molecule has 1 aromatic rings. The Labute approximate surface area is 95.5 Å². The van der Waals surface area contributed by atoms with Crippen molar-refractivity contribution in [1.29, 1.82) is 0 Å². The molecule has 0 saturated carbocycles. The molecule has 1 atom stereocenters. The molecule has 0 amide bonds. The predicted octanol–water partition coefficient (Wildman–Crippen LogP) is 1.89. The highest BCUT2D eigenvalue weighted by atomic mass is 32.1. The third kappa shape index (κ3) is 2.56. The molecule has 1 aromatic heterocycles. The van der Waals surface area contributed by atoms with E-state index in [1.165, 1.54) is 17.8 Å². The number of hydrogen-bond donors (Lipinski definition) is 1. The van der Waals surface area contributed by atoms with Crippen LogP contribution in [0.15, 0.2) is 11.6 Å². The first-order chi connectivity index (χ1) is 7.29. The van der Waals surface area contributed by atoms with Crippen LogP contribution in [-0.4, -0.2) is 36.1 Å². The van der Waals surface area contributed by atoms with E-state index in [0.717, 1.165) is 13.1 Å². The van der Waals surface area contributed by atoms with Crippen LogP contribution in [0.25, 0.3) is 0 Å². The van der Waals surface area contributed by atoms with Crippen molar-refractivity contribution in [3.8, 4) is 0 Å². The standard InChI is InChI=1S/C11H19N3S/c1-9(11-13-7-8-15-11)14(2)10-3-5-12-6-4-10/h7-10,12H,3-6H2,1-2H3/t9-/m1/s1. The average molecular weight is 225 g/mol.